The van der Waals surface area contributed by atoms with Crippen LogP contribution in [0.2, 0.25) is 0 Å². The van der Waals surface area contributed by atoms with Crippen molar-refractivity contribution in [1.29, 1.82) is 0 Å². The van der Waals surface area contributed by atoms with Crippen molar-refractivity contribution in [3.63, 3.8) is 0 Å². The Morgan fingerprint density at radius 2 is 2.00 bits per heavy atom. The summed E-state index contributed by atoms with van der Waals surface area (Å²) in [6.07, 6.45) is 3.43. The highest BCUT2D eigenvalue weighted by Crippen LogP contribution is 2.62. The zero-order valence-electron chi connectivity index (χ0n) is 13.0. The summed E-state index contributed by atoms with van der Waals surface area (Å²) >= 11 is 0. The van der Waals surface area contributed by atoms with Crippen LogP contribution in [0, 0.1) is 16.7 Å². The molecule has 2 fully saturated rings. The number of aliphatic hydroxyl groups is 1. The lowest BCUT2D eigenvalue weighted by atomic mass is 9.68. The van der Waals surface area contributed by atoms with E-state index in [1.807, 2.05) is 0 Å². The third-order valence-corrected chi connectivity index (χ3v) is 5.57. The minimum atomic E-state index is -1.13. The Kier molecular flexibility index (Phi) is 4.19. The maximum absolute atomic E-state index is 12.1. The Morgan fingerprint density at radius 1 is 1.33 bits per heavy atom. The Hall–Kier alpha value is -1.30. The second-order valence-electron chi connectivity index (χ2n) is 7.37. The van der Waals surface area contributed by atoms with Gasteiger partial charge in [0.15, 0.2) is 0 Å². The van der Waals surface area contributed by atoms with E-state index < -0.39 is 18.0 Å². The minimum absolute atomic E-state index is 0.0106. The van der Waals surface area contributed by atoms with Crippen LogP contribution < -0.4 is 10.6 Å². The highest BCUT2D eigenvalue weighted by atomic mass is 16.4. The normalized spacial score (nSPS) is 34.5. The van der Waals surface area contributed by atoms with Gasteiger partial charge in [-0.3, -0.25) is 0 Å². The monoisotopic (exact) mass is 298 g/mol. The fourth-order valence-electron chi connectivity index (χ4n) is 4.38. The molecule has 2 saturated carbocycles. The van der Waals surface area contributed by atoms with E-state index in [4.69, 9.17) is 10.2 Å². The zero-order chi connectivity index (χ0) is 15.8. The van der Waals surface area contributed by atoms with Gasteiger partial charge < -0.3 is 20.8 Å². The summed E-state index contributed by atoms with van der Waals surface area (Å²) in [7, 11) is 0. The lowest BCUT2D eigenvalue weighted by Crippen LogP contribution is -2.57. The number of hydrogen-bond acceptors (Lipinski definition) is 3. The van der Waals surface area contributed by atoms with Crippen molar-refractivity contribution in [3.8, 4) is 0 Å². The molecule has 120 valence electrons. The standard InChI is InChI=1S/C15H26N2O4/c1-14(2)9-4-6-15(3,8-9)12(14)17-13(21)16-10(5-7-18)11(19)20/h9-10,12,18H,4-8H2,1-3H3,(H,19,20)(H2,16,17,21). The molecule has 0 aliphatic heterocycles. The number of carbonyl (C=O) groups is 2. The number of amides is 2. The van der Waals surface area contributed by atoms with Crippen molar-refractivity contribution in [1.82, 2.24) is 10.6 Å². The van der Waals surface area contributed by atoms with Gasteiger partial charge in [-0.05, 0) is 36.0 Å². The van der Waals surface area contributed by atoms with Crippen LogP contribution in [0.5, 0.6) is 0 Å². The molecule has 6 nitrogen and oxygen atoms in total. The number of aliphatic hydroxyl groups excluding tert-OH is 1. The summed E-state index contributed by atoms with van der Waals surface area (Å²) in [5.74, 6) is -0.516. The first-order valence-electron chi connectivity index (χ1n) is 7.61. The van der Waals surface area contributed by atoms with Crippen LogP contribution in [-0.2, 0) is 4.79 Å². The first kappa shape index (κ1) is 16.1. The molecular formula is C15H26N2O4. The molecule has 2 rings (SSSR count). The summed E-state index contributed by atoms with van der Waals surface area (Å²) in [6.45, 7) is 6.28. The zero-order valence-corrected chi connectivity index (χ0v) is 13.0. The van der Waals surface area contributed by atoms with Gasteiger partial charge in [-0.2, -0.15) is 0 Å². The van der Waals surface area contributed by atoms with Gasteiger partial charge in [0.25, 0.3) is 0 Å². The third kappa shape index (κ3) is 2.86. The summed E-state index contributed by atoms with van der Waals surface area (Å²) < 4.78 is 0. The van der Waals surface area contributed by atoms with Gasteiger partial charge in [-0.25, -0.2) is 9.59 Å². The first-order chi connectivity index (χ1) is 9.70. The molecule has 2 aliphatic rings. The van der Waals surface area contributed by atoms with E-state index in [1.165, 1.54) is 6.42 Å². The van der Waals surface area contributed by atoms with Crippen molar-refractivity contribution >= 4 is 12.0 Å². The highest BCUT2D eigenvalue weighted by molar-refractivity contribution is 5.82. The third-order valence-electron chi connectivity index (χ3n) is 5.57. The van der Waals surface area contributed by atoms with Gasteiger partial charge in [0, 0.05) is 19.1 Å². The molecule has 0 aromatic rings. The smallest absolute Gasteiger partial charge is 0.326 e. The molecule has 4 N–H and O–H groups in total. The number of carboxylic acid groups (broad SMARTS) is 1. The molecule has 0 radical (unpaired) electrons. The van der Waals surface area contributed by atoms with Crippen LogP contribution in [0.3, 0.4) is 0 Å². The van der Waals surface area contributed by atoms with Crippen molar-refractivity contribution in [2.24, 2.45) is 16.7 Å². The van der Waals surface area contributed by atoms with Gasteiger partial charge in [0.2, 0.25) is 0 Å². The topological polar surface area (TPSA) is 98.7 Å². The molecule has 6 heteroatoms. The molecule has 4 unspecified atom stereocenters. The Balaban J connectivity index is 2.01. The SMILES string of the molecule is CC12CCC(C1)C(C)(C)C2NC(=O)NC(CCO)C(=O)O. The maximum Gasteiger partial charge on any atom is 0.326 e. The fraction of sp³-hybridized carbons (Fsp3) is 0.867. The van der Waals surface area contributed by atoms with Gasteiger partial charge in [-0.1, -0.05) is 20.8 Å². The fourth-order valence-corrected chi connectivity index (χ4v) is 4.38. The predicted molar refractivity (Wildman–Crippen MR) is 77.8 cm³/mol. The molecule has 4 atom stereocenters. The van der Waals surface area contributed by atoms with Gasteiger partial charge >= 0.3 is 12.0 Å². The molecule has 0 spiro atoms. The van der Waals surface area contributed by atoms with Crippen molar-refractivity contribution in [3.05, 3.63) is 0 Å². The van der Waals surface area contributed by atoms with Gasteiger partial charge in [0.1, 0.15) is 6.04 Å². The van der Waals surface area contributed by atoms with Crippen LogP contribution in [-0.4, -0.2) is 40.9 Å². The maximum atomic E-state index is 12.1. The van der Waals surface area contributed by atoms with E-state index in [0.29, 0.717) is 5.92 Å². The van der Waals surface area contributed by atoms with Crippen molar-refractivity contribution in [2.45, 2.75) is 58.5 Å². The van der Waals surface area contributed by atoms with E-state index in [0.717, 1.165) is 12.8 Å². The number of carboxylic acids is 1. The quantitative estimate of drug-likeness (QED) is 0.615. The number of fused-ring (bicyclic) bond motifs is 2. The van der Waals surface area contributed by atoms with E-state index in [2.05, 4.69) is 31.4 Å². The van der Waals surface area contributed by atoms with E-state index in [1.54, 1.807) is 0 Å². The molecule has 0 saturated heterocycles. The van der Waals surface area contributed by atoms with Gasteiger partial charge in [0.05, 0.1) is 0 Å². The van der Waals surface area contributed by atoms with E-state index >= 15 is 0 Å². The molecular weight excluding hydrogens is 272 g/mol. The summed E-state index contributed by atoms with van der Waals surface area (Å²) in [4.78, 5) is 23.2. The summed E-state index contributed by atoms with van der Waals surface area (Å²) in [6, 6.07) is -1.46. The van der Waals surface area contributed by atoms with E-state index in [9.17, 15) is 9.59 Å². The van der Waals surface area contributed by atoms with Crippen LogP contribution in [0.1, 0.15) is 46.5 Å². The number of hydrogen-bond donors (Lipinski definition) is 4. The van der Waals surface area contributed by atoms with Crippen molar-refractivity contribution in [2.75, 3.05) is 6.61 Å². The number of urea groups is 1. The second kappa shape index (κ2) is 5.48. The summed E-state index contributed by atoms with van der Waals surface area (Å²) in [5, 5.41) is 23.3. The van der Waals surface area contributed by atoms with Crippen LogP contribution >= 0.6 is 0 Å². The second-order valence-corrected chi connectivity index (χ2v) is 7.37. The van der Waals surface area contributed by atoms with Gasteiger partial charge in [-0.15, -0.1) is 0 Å². The van der Waals surface area contributed by atoms with Crippen molar-refractivity contribution < 1.29 is 19.8 Å². The lowest BCUT2D eigenvalue weighted by molar-refractivity contribution is -0.139. The van der Waals surface area contributed by atoms with Crippen LogP contribution in [0.4, 0.5) is 4.79 Å². The van der Waals surface area contributed by atoms with Crippen LogP contribution in [0.25, 0.3) is 0 Å². The minimum Gasteiger partial charge on any atom is -0.480 e. The number of rotatable bonds is 5. The molecule has 2 bridgehead atoms. The van der Waals surface area contributed by atoms with Crippen LogP contribution in [0.15, 0.2) is 0 Å². The Morgan fingerprint density at radius 3 is 2.48 bits per heavy atom. The largest absolute Gasteiger partial charge is 0.480 e. The number of carbonyl (C=O) groups excluding carboxylic acids is 1. The number of aliphatic carboxylic acids is 1. The molecule has 0 heterocycles. The molecule has 0 aromatic heterocycles. The van der Waals surface area contributed by atoms with E-state index in [-0.39, 0.29) is 29.9 Å². The molecule has 2 aliphatic carbocycles. The predicted octanol–water partition coefficient (Wildman–Crippen LogP) is 1.34. The first-order valence-corrected chi connectivity index (χ1v) is 7.61. The lowest BCUT2D eigenvalue weighted by Gasteiger charge is -2.43. The average molecular weight is 298 g/mol. The Labute approximate surface area is 125 Å². The highest BCUT2D eigenvalue weighted by Gasteiger charge is 2.59. The average Bonchev–Trinajstić information content (AvgIpc) is 2.85. The Bertz CT molecular complexity index is 433. The number of nitrogens with one attached hydrogen (secondary N) is 2. The molecule has 2 amide bonds. The molecule has 0 aromatic carbocycles. The summed E-state index contributed by atoms with van der Waals surface area (Å²) in [5.41, 5.74) is 0.126. The molecule has 21 heavy (non-hydrogen) atoms.